The summed E-state index contributed by atoms with van der Waals surface area (Å²) in [6.07, 6.45) is 11.3. The molecule has 1 aromatic carbocycles. The van der Waals surface area contributed by atoms with Crippen LogP contribution in [-0.4, -0.2) is 5.97 Å². The summed E-state index contributed by atoms with van der Waals surface area (Å²) < 4.78 is 18.5. The Labute approximate surface area is 144 Å². The normalized spacial score (nSPS) is 30.5. The summed E-state index contributed by atoms with van der Waals surface area (Å²) in [4.78, 5) is 12.3. The molecule has 3 heteroatoms. The highest BCUT2D eigenvalue weighted by molar-refractivity contribution is 5.75. The fourth-order valence-corrected chi connectivity index (χ4v) is 4.41. The van der Waals surface area contributed by atoms with E-state index in [1.165, 1.54) is 37.8 Å². The number of ether oxygens (including phenoxy) is 1. The van der Waals surface area contributed by atoms with Crippen LogP contribution in [0.15, 0.2) is 36.9 Å². The zero-order chi connectivity index (χ0) is 16.9. The van der Waals surface area contributed by atoms with Crippen molar-refractivity contribution in [3.63, 3.8) is 0 Å². The fourth-order valence-electron chi connectivity index (χ4n) is 4.41. The molecule has 2 fully saturated rings. The molecule has 0 saturated heterocycles. The van der Waals surface area contributed by atoms with Crippen molar-refractivity contribution in [2.24, 2.45) is 23.7 Å². The monoisotopic (exact) mass is 330 g/mol. The van der Waals surface area contributed by atoms with Gasteiger partial charge in [-0.3, -0.25) is 4.79 Å². The molecule has 2 aliphatic carbocycles. The van der Waals surface area contributed by atoms with Gasteiger partial charge in [0.2, 0.25) is 0 Å². The molecule has 3 rings (SSSR count). The molecule has 0 unspecified atom stereocenters. The minimum absolute atomic E-state index is 0.0333. The van der Waals surface area contributed by atoms with Crippen molar-refractivity contribution < 1.29 is 13.9 Å². The van der Waals surface area contributed by atoms with E-state index in [1.807, 2.05) is 0 Å². The smallest absolute Gasteiger partial charge is 0.314 e. The van der Waals surface area contributed by atoms with Crippen LogP contribution in [0.3, 0.4) is 0 Å². The second-order valence-electron chi connectivity index (χ2n) is 7.40. The SMILES string of the molecule is C=CC1CCC(C2CCC(C(=O)Oc3cccc(F)c3)CC2)CC1. The molecule has 0 spiro atoms. The van der Waals surface area contributed by atoms with Crippen molar-refractivity contribution >= 4 is 5.97 Å². The predicted octanol–water partition coefficient (Wildman–Crippen LogP) is 5.53. The van der Waals surface area contributed by atoms with E-state index in [1.54, 1.807) is 12.1 Å². The van der Waals surface area contributed by atoms with Gasteiger partial charge in [0.15, 0.2) is 0 Å². The number of allylic oxidation sites excluding steroid dienone is 1. The first-order valence-electron chi connectivity index (χ1n) is 9.25. The maximum atomic E-state index is 13.2. The van der Waals surface area contributed by atoms with E-state index < -0.39 is 0 Å². The molecular formula is C21H27FO2. The largest absolute Gasteiger partial charge is 0.426 e. The van der Waals surface area contributed by atoms with E-state index in [-0.39, 0.29) is 17.7 Å². The molecule has 130 valence electrons. The Morgan fingerprint density at radius 3 is 2.25 bits per heavy atom. The Hall–Kier alpha value is -1.64. The Bertz CT molecular complexity index is 567. The quantitative estimate of drug-likeness (QED) is 0.412. The maximum Gasteiger partial charge on any atom is 0.314 e. The molecule has 0 amide bonds. The molecular weight excluding hydrogens is 303 g/mol. The summed E-state index contributed by atoms with van der Waals surface area (Å²) in [5.41, 5.74) is 0. The molecule has 2 aliphatic rings. The van der Waals surface area contributed by atoms with Crippen molar-refractivity contribution in [2.45, 2.75) is 51.4 Å². The van der Waals surface area contributed by atoms with Crippen molar-refractivity contribution in [1.82, 2.24) is 0 Å². The first-order chi connectivity index (χ1) is 11.7. The summed E-state index contributed by atoms with van der Waals surface area (Å²) in [5, 5.41) is 0. The molecule has 0 aromatic heterocycles. The second-order valence-corrected chi connectivity index (χ2v) is 7.40. The highest BCUT2D eigenvalue weighted by Gasteiger charge is 2.33. The van der Waals surface area contributed by atoms with Gasteiger partial charge in [0.25, 0.3) is 0 Å². The summed E-state index contributed by atoms with van der Waals surface area (Å²) in [7, 11) is 0. The Kier molecular flexibility index (Phi) is 5.70. The first kappa shape index (κ1) is 17.2. The predicted molar refractivity (Wildman–Crippen MR) is 93.1 cm³/mol. The third-order valence-electron chi connectivity index (χ3n) is 5.94. The van der Waals surface area contributed by atoms with E-state index in [9.17, 15) is 9.18 Å². The fraction of sp³-hybridized carbons (Fsp3) is 0.571. The Morgan fingerprint density at radius 1 is 1.04 bits per heavy atom. The molecule has 2 nitrogen and oxygen atoms in total. The number of hydrogen-bond acceptors (Lipinski definition) is 2. The third kappa shape index (κ3) is 4.25. The van der Waals surface area contributed by atoms with Gasteiger partial charge >= 0.3 is 5.97 Å². The van der Waals surface area contributed by atoms with Crippen LogP contribution < -0.4 is 4.74 Å². The van der Waals surface area contributed by atoms with Crippen molar-refractivity contribution in [3.8, 4) is 5.75 Å². The molecule has 0 heterocycles. The summed E-state index contributed by atoms with van der Waals surface area (Å²) >= 11 is 0. The zero-order valence-corrected chi connectivity index (χ0v) is 14.3. The topological polar surface area (TPSA) is 26.3 Å². The summed E-state index contributed by atoms with van der Waals surface area (Å²) in [6.45, 7) is 3.92. The average Bonchev–Trinajstić information content (AvgIpc) is 2.62. The lowest BCUT2D eigenvalue weighted by molar-refractivity contribution is -0.140. The Morgan fingerprint density at radius 2 is 1.67 bits per heavy atom. The molecule has 0 radical (unpaired) electrons. The van der Waals surface area contributed by atoms with E-state index >= 15 is 0 Å². The van der Waals surface area contributed by atoms with Gasteiger partial charge in [0, 0.05) is 6.07 Å². The average molecular weight is 330 g/mol. The van der Waals surface area contributed by atoms with Crippen LogP contribution in [0.4, 0.5) is 4.39 Å². The van der Waals surface area contributed by atoms with Crippen LogP contribution in [0.25, 0.3) is 0 Å². The summed E-state index contributed by atoms with van der Waals surface area (Å²) in [6, 6.07) is 5.81. The van der Waals surface area contributed by atoms with Crippen LogP contribution >= 0.6 is 0 Å². The van der Waals surface area contributed by atoms with Crippen molar-refractivity contribution in [1.29, 1.82) is 0 Å². The number of carbonyl (C=O) groups excluding carboxylic acids is 1. The second kappa shape index (κ2) is 7.96. The van der Waals surface area contributed by atoms with Gasteiger partial charge in [-0.05, 0) is 81.3 Å². The van der Waals surface area contributed by atoms with Crippen molar-refractivity contribution in [3.05, 3.63) is 42.7 Å². The highest BCUT2D eigenvalue weighted by atomic mass is 19.1. The lowest BCUT2D eigenvalue weighted by Crippen LogP contribution is -2.30. The van der Waals surface area contributed by atoms with Crippen LogP contribution in [0, 0.1) is 29.5 Å². The molecule has 1 aromatic rings. The van der Waals surface area contributed by atoms with Crippen LogP contribution in [-0.2, 0) is 4.79 Å². The van der Waals surface area contributed by atoms with Gasteiger partial charge in [-0.15, -0.1) is 6.58 Å². The number of hydrogen-bond donors (Lipinski definition) is 0. The van der Waals surface area contributed by atoms with E-state index in [0.717, 1.165) is 37.5 Å². The van der Waals surface area contributed by atoms with Gasteiger partial charge in [0.05, 0.1) is 5.92 Å². The van der Waals surface area contributed by atoms with Gasteiger partial charge in [-0.2, -0.15) is 0 Å². The number of benzene rings is 1. The van der Waals surface area contributed by atoms with E-state index in [4.69, 9.17) is 4.74 Å². The zero-order valence-electron chi connectivity index (χ0n) is 14.3. The van der Waals surface area contributed by atoms with Gasteiger partial charge in [0.1, 0.15) is 11.6 Å². The van der Waals surface area contributed by atoms with E-state index in [2.05, 4.69) is 12.7 Å². The van der Waals surface area contributed by atoms with E-state index in [0.29, 0.717) is 11.7 Å². The molecule has 0 aliphatic heterocycles. The number of halogens is 1. The minimum atomic E-state index is -0.376. The molecule has 0 bridgehead atoms. The standard InChI is InChI=1S/C21H27FO2/c1-2-15-6-8-16(9-7-15)17-10-12-18(13-11-17)21(23)24-20-5-3-4-19(22)14-20/h2-5,14-18H,1,6-13H2. The number of rotatable bonds is 4. The van der Waals surface area contributed by atoms with Crippen LogP contribution in [0.5, 0.6) is 5.75 Å². The lowest BCUT2D eigenvalue weighted by Gasteiger charge is -2.36. The molecule has 0 N–H and O–H groups in total. The molecule has 2 saturated carbocycles. The van der Waals surface area contributed by atoms with Gasteiger partial charge in [-0.1, -0.05) is 12.1 Å². The third-order valence-corrected chi connectivity index (χ3v) is 5.94. The maximum absolute atomic E-state index is 13.2. The lowest BCUT2D eigenvalue weighted by atomic mass is 9.69. The number of esters is 1. The highest BCUT2D eigenvalue weighted by Crippen LogP contribution is 2.41. The molecule has 24 heavy (non-hydrogen) atoms. The van der Waals surface area contributed by atoms with Crippen molar-refractivity contribution in [2.75, 3.05) is 0 Å². The van der Waals surface area contributed by atoms with Crippen LogP contribution in [0.2, 0.25) is 0 Å². The molecule has 0 atom stereocenters. The first-order valence-corrected chi connectivity index (χ1v) is 9.25. The number of carbonyl (C=O) groups is 1. The van der Waals surface area contributed by atoms with Gasteiger partial charge < -0.3 is 4.74 Å². The summed E-state index contributed by atoms with van der Waals surface area (Å²) in [5.74, 6) is 1.99. The van der Waals surface area contributed by atoms with Gasteiger partial charge in [-0.25, -0.2) is 4.39 Å². The van der Waals surface area contributed by atoms with Crippen LogP contribution in [0.1, 0.15) is 51.4 Å². The Balaban J connectivity index is 1.46. The minimum Gasteiger partial charge on any atom is -0.426 e.